The number of carbonyl (C=O) groups is 1. The first-order valence-corrected chi connectivity index (χ1v) is 11.7. The lowest BCUT2D eigenvalue weighted by molar-refractivity contribution is -0.115. The molecule has 0 saturated carbocycles. The number of carbonyl (C=O) groups excluding carboxylic acids is 1. The summed E-state index contributed by atoms with van der Waals surface area (Å²) in [5, 5.41) is 11.1. The number of amides is 1. The number of rotatable bonds is 8. The van der Waals surface area contributed by atoms with E-state index in [2.05, 4.69) is 21.8 Å². The minimum Gasteiger partial charge on any atom is -0.274 e. The molecule has 2 aromatic heterocycles. The second-order valence-electron chi connectivity index (χ2n) is 5.68. The minimum absolute atomic E-state index is 0.0574. The van der Waals surface area contributed by atoms with Crippen molar-refractivity contribution in [2.24, 2.45) is 0 Å². The van der Waals surface area contributed by atoms with Gasteiger partial charge in [-0.2, -0.15) is 0 Å². The van der Waals surface area contributed by atoms with Gasteiger partial charge < -0.3 is 0 Å². The smallest absolute Gasteiger partial charge is 0.230 e. The van der Waals surface area contributed by atoms with E-state index in [0.717, 1.165) is 31.4 Å². The Hall–Kier alpha value is -1.68. The molecule has 0 atom stereocenters. The zero-order chi connectivity index (χ0) is 19.2. The fourth-order valence-electron chi connectivity index (χ4n) is 2.10. The third kappa shape index (κ3) is 5.65. The lowest BCUT2D eigenvalue weighted by Crippen LogP contribution is -2.22. The van der Waals surface area contributed by atoms with Crippen LogP contribution in [0.2, 0.25) is 0 Å². The third-order valence-corrected chi connectivity index (χ3v) is 7.56. The van der Waals surface area contributed by atoms with Gasteiger partial charge in [0, 0.05) is 23.8 Å². The van der Waals surface area contributed by atoms with Gasteiger partial charge >= 0.3 is 0 Å². The first-order valence-electron chi connectivity index (χ1n) is 8.06. The molecule has 0 aliphatic rings. The molecule has 0 aliphatic carbocycles. The van der Waals surface area contributed by atoms with Crippen LogP contribution in [0.1, 0.15) is 19.5 Å². The first-order chi connectivity index (χ1) is 13.0. The van der Waals surface area contributed by atoms with Crippen molar-refractivity contribution in [3.8, 4) is 0 Å². The minimum atomic E-state index is -0.0574. The first kappa shape index (κ1) is 20.1. The van der Waals surface area contributed by atoms with E-state index in [-0.39, 0.29) is 5.91 Å². The molecule has 9 heteroatoms. The number of thioether (sulfide) groups is 2. The Balaban J connectivity index is 1.64. The highest BCUT2D eigenvalue weighted by Gasteiger charge is 2.18. The maximum atomic E-state index is 12.1. The van der Waals surface area contributed by atoms with Gasteiger partial charge in [-0.3, -0.25) is 9.69 Å². The van der Waals surface area contributed by atoms with Crippen LogP contribution in [0.15, 0.2) is 56.5 Å². The molecule has 2 heterocycles. The van der Waals surface area contributed by atoms with E-state index in [4.69, 9.17) is 0 Å². The largest absolute Gasteiger partial charge is 0.274 e. The molecule has 0 radical (unpaired) electrons. The van der Waals surface area contributed by atoms with Gasteiger partial charge in [-0.1, -0.05) is 65.2 Å². The van der Waals surface area contributed by atoms with Crippen LogP contribution in [-0.4, -0.2) is 26.8 Å². The number of hydrogen-bond acceptors (Lipinski definition) is 8. The Morgan fingerprint density at radius 2 is 1.85 bits per heavy atom. The van der Waals surface area contributed by atoms with E-state index >= 15 is 0 Å². The van der Waals surface area contributed by atoms with E-state index in [0.29, 0.717) is 10.9 Å². The number of aromatic nitrogens is 3. The quantitative estimate of drug-likeness (QED) is 0.338. The van der Waals surface area contributed by atoms with Crippen molar-refractivity contribution >= 4 is 62.9 Å². The van der Waals surface area contributed by atoms with Crippen molar-refractivity contribution in [1.82, 2.24) is 15.2 Å². The lowest BCUT2D eigenvalue weighted by atomic mass is 10.3. The topological polar surface area (TPSA) is 59.0 Å². The number of nitrogens with zero attached hydrogens (tertiary/aromatic N) is 4. The summed E-state index contributed by atoms with van der Waals surface area (Å²) in [5.74, 6) is 1.49. The number of benzene rings is 1. The number of thiazole rings is 1. The van der Waals surface area contributed by atoms with Crippen LogP contribution in [0.4, 0.5) is 10.8 Å². The van der Waals surface area contributed by atoms with Gasteiger partial charge in [0.2, 0.25) is 5.91 Å². The van der Waals surface area contributed by atoms with Gasteiger partial charge in [-0.25, -0.2) is 4.98 Å². The van der Waals surface area contributed by atoms with Gasteiger partial charge in [-0.05, 0) is 19.1 Å². The van der Waals surface area contributed by atoms with Gasteiger partial charge in [0.1, 0.15) is 0 Å². The van der Waals surface area contributed by atoms with Crippen molar-refractivity contribution in [2.45, 2.75) is 28.3 Å². The molecule has 0 N–H and O–H groups in total. The maximum absolute atomic E-state index is 12.1. The molecule has 27 heavy (non-hydrogen) atoms. The zero-order valence-electron chi connectivity index (χ0n) is 14.9. The molecule has 140 valence electrons. The van der Waals surface area contributed by atoms with E-state index in [1.54, 1.807) is 46.7 Å². The van der Waals surface area contributed by atoms with Crippen molar-refractivity contribution in [2.75, 3.05) is 10.7 Å². The summed E-state index contributed by atoms with van der Waals surface area (Å²) in [4.78, 5) is 18.4. The monoisotopic (exact) mass is 434 g/mol. The number of hydrogen-bond donors (Lipinski definition) is 0. The molecule has 3 aromatic rings. The number of para-hydroxylation sites is 1. The fourth-order valence-corrected chi connectivity index (χ4v) is 5.85. The van der Waals surface area contributed by atoms with Crippen LogP contribution in [0, 0.1) is 0 Å². The summed E-state index contributed by atoms with van der Waals surface area (Å²) in [6.45, 7) is 7.45. The summed E-state index contributed by atoms with van der Waals surface area (Å²) < 4.78 is 1.87. The second kappa shape index (κ2) is 9.50. The third-order valence-electron chi connectivity index (χ3n) is 3.23. The summed E-state index contributed by atoms with van der Waals surface area (Å²) in [6.07, 6.45) is 0. The standard InChI is InChI=1S/C18H18N4OS4/c1-12(2)9-25-17-20-21-18(27-17)26-11-14-10-24-16(19-14)22(13(3)23)15-7-5-4-6-8-15/h4-8,10H,1,9,11H2,2-3H3. The average Bonchev–Trinajstić information content (AvgIpc) is 3.28. The Morgan fingerprint density at radius 3 is 2.52 bits per heavy atom. The van der Waals surface area contributed by atoms with Crippen LogP contribution in [-0.2, 0) is 10.5 Å². The highest BCUT2D eigenvalue weighted by molar-refractivity contribution is 8.03. The molecule has 0 saturated heterocycles. The Bertz CT molecular complexity index is 922. The van der Waals surface area contributed by atoms with Crippen molar-refractivity contribution < 1.29 is 4.79 Å². The highest BCUT2D eigenvalue weighted by Crippen LogP contribution is 2.33. The van der Waals surface area contributed by atoms with Crippen molar-refractivity contribution in [1.29, 1.82) is 0 Å². The van der Waals surface area contributed by atoms with Crippen LogP contribution in [0.5, 0.6) is 0 Å². The van der Waals surface area contributed by atoms with E-state index in [9.17, 15) is 4.79 Å². The van der Waals surface area contributed by atoms with Crippen molar-refractivity contribution in [3.05, 3.63) is 53.6 Å². The van der Waals surface area contributed by atoms with E-state index in [1.165, 1.54) is 11.3 Å². The summed E-state index contributed by atoms with van der Waals surface area (Å²) in [6, 6.07) is 9.56. The molecule has 0 bridgehead atoms. The average molecular weight is 435 g/mol. The Kier molecular flexibility index (Phi) is 7.06. The van der Waals surface area contributed by atoms with Crippen LogP contribution < -0.4 is 4.90 Å². The fraction of sp³-hybridized carbons (Fsp3) is 0.222. The molecule has 3 rings (SSSR count). The summed E-state index contributed by atoms with van der Waals surface area (Å²) in [7, 11) is 0. The SMILES string of the molecule is C=C(C)CSc1nnc(SCc2csc(N(C(C)=O)c3ccccc3)n2)s1. The molecule has 5 nitrogen and oxygen atoms in total. The zero-order valence-corrected chi connectivity index (χ0v) is 18.2. The van der Waals surface area contributed by atoms with Gasteiger partial charge in [0.15, 0.2) is 13.8 Å². The van der Waals surface area contributed by atoms with E-state index < -0.39 is 0 Å². The van der Waals surface area contributed by atoms with Gasteiger partial charge in [0.05, 0.1) is 11.4 Å². The molecule has 0 aliphatic heterocycles. The lowest BCUT2D eigenvalue weighted by Gasteiger charge is -2.17. The predicted octanol–water partition coefficient (Wildman–Crippen LogP) is 5.64. The molecule has 1 aromatic carbocycles. The van der Waals surface area contributed by atoms with Crippen LogP contribution >= 0.6 is 46.2 Å². The predicted molar refractivity (Wildman–Crippen MR) is 116 cm³/mol. The molecular formula is C18H18N4OS4. The van der Waals surface area contributed by atoms with Crippen LogP contribution in [0.3, 0.4) is 0 Å². The highest BCUT2D eigenvalue weighted by atomic mass is 32.2. The van der Waals surface area contributed by atoms with E-state index in [1.807, 2.05) is 42.6 Å². The normalized spacial score (nSPS) is 10.7. The Labute approximate surface area is 174 Å². The molecule has 1 amide bonds. The molecular weight excluding hydrogens is 416 g/mol. The summed E-state index contributed by atoms with van der Waals surface area (Å²) >= 11 is 6.31. The van der Waals surface area contributed by atoms with Crippen molar-refractivity contribution in [3.63, 3.8) is 0 Å². The second-order valence-corrected chi connectivity index (χ2v) is 9.94. The Morgan fingerprint density at radius 1 is 1.15 bits per heavy atom. The molecule has 0 unspecified atom stereocenters. The number of anilines is 2. The molecule has 0 fully saturated rings. The maximum Gasteiger partial charge on any atom is 0.230 e. The summed E-state index contributed by atoms with van der Waals surface area (Å²) in [5.41, 5.74) is 2.86. The van der Waals surface area contributed by atoms with Crippen LogP contribution in [0.25, 0.3) is 0 Å². The molecule has 0 spiro atoms. The van der Waals surface area contributed by atoms with Gasteiger partial charge in [-0.15, -0.1) is 21.5 Å². The van der Waals surface area contributed by atoms with Gasteiger partial charge in [0.25, 0.3) is 0 Å².